The molecule has 11 heteroatoms. The van der Waals surface area contributed by atoms with Crippen molar-refractivity contribution in [1.29, 1.82) is 0 Å². The summed E-state index contributed by atoms with van der Waals surface area (Å²) in [5, 5.41) is 10.0. The van der Waals surface area contributed by atoms with Gasteiger partial charge in [0.05, 0.1) is 23.2 Å². The molecule has 0 saturated heterocycles. The van der Waals surface area contributed by atoms with Gasteiger partial charge >= 0.3 is 18.3 Å². The van der Waals surface area contributed by atoms with Crippen LogP contribution in [0.1, 0.15) is 32.8 Å². The average Bonchev–Trinajstić information content (AvgIpc) is 3.38. The molecule has 208 valence electrons. The fraction of sp³-hybridized carbons (Fsp3) is 0.172. The molecule has 0 saturated carbocycles. The molecular weight excluding hydrogens is 540 g/mol. The number of hydrogen-bond donors (Lipinski definition) is 1. The summed E-state index contributed by atoms with van der Waals surface area (Å²) >= 11 is 0. The summed E-state index contributed by atoms with van der Waals surface area (Å²) < 4.78 is 87.4. The van der Waals surface area contributed by atoms with E-state index in [4.69, 9.17) is 4.42 Å². The van der Waals surface area contributed by atoms with E-state index in [1.807, 2.05) is 0 Å². The molecule has 1 N–H and O–H groups in total. The Balaban J connectivity index is 1.77. The van der Waals surface area contributed by atoms with E-state index in [0.29, 0.717) is 11.6 Å². The summed E-state index contributed by atoms with van der Waals surface area (Å²) in [6.07, 6.45) is -9.85. The van der Waals surface area contributed by atoms with Crippen LogP contribution >= 0.6 is 0 Å². The fourth-order valence-corrected chi connectivity index (χ4v) is 4.28. The quantitative estimate of drug-likeness (QED) is 0.229. The zero-order valence-corrected chi connectivity index (χ0v) is 20.5. The topological polar surface area (TPSA) is 70.8 Å². The van der Waals surface area contributed by atoms with Crippen LogP contribution in [0.4, 0.5) is 26.3 Å². The minimum atomic E-state index is -4.91. The third-order valence-corrected chi connectivity index (χ3v) is 6.14. The molecule has 5 nitrogen and oxygen atoms in total. The van der Waals surface area contributed by atoms with E-state index in [9.17, 15) is 41.0 Å². The van der Waals surface area contributed by atoms with Crippen LogP contribution in [0.5, 0.6) is 0 Å². The van der Waals surface area contributed by atoms with Gasteiger partial charge in [-0.25, -0.2) is 4.79 Å². The lowest BCUT2D eigenvalue weighted by molar-refractivity contribution is -0.142. The number of carboxylic acid groups (broad SMARTS) is 1. The number of rotatable bonds is 8. The number of alkyl halides is 6. The largest absolute Gasteiger partial charge is 0.480 e. The van der Waals surface area contributed by atoms with Gasteiger partial charge in [0.1, 0.15) is 17.6 Å². The molecule has 1 atom stereocenters. The van der Waals surface area contributed by atoms with Crippen molar-refractivity contribution in [2.75, 3.05) is 0 Å². The molecule has 0 fully saturated rings. The fourth-order valence-electron chi connectivity index (χ4n) is 4.28. The van der Waals surface area contributed by atoms with E-state index in [2.05, 4.69) is 0 Å². The highest BCUT2D eigenvalue weighted by atomic mass is 19.4. The molecule has 0 aliphatic heterocycles. The van der Waals surface area contributed by atoms with Crippen molar-refractivity contribution < 1.29 is 45.5 Å². The molecule has 3 aromatic carbocycles. The van der Waals surface area contributed by atoms with E-state index < -0.39 is 53.5 Å². The molecule has 0 aliphatic rings. The van der Waals surface area contributed by atoms with Crippen LogP contribution in [-0.2, 0) is 30.1 Å². The molecule has 40 heavy (non-hydrogen) atoms. The normalized spacial score (nSPS) is 12.7. The lowest BCUT2D eigenvalue weighted by Crippen LogP contribution is -2.46. The van der Waals surface area contributed by atoms with Crippen molar-refractivity contribution in [3.63, 3.8) is 0 Å². The smallest absolute Gasteiger partial charge is 0.417 e. The molecule has 0 spiro atoms. The summed E-state index contributed by atoms with van der Waals surface area (Å²) in [5.74, 6) is -3.05. The van der Waals surface area contributed by atoms with Crippen LogP contribution in [0.2, 0.25) is 0 Å². The van der Waals surface area contributed by atoms with Crippen LogP contribution in [0.3, 0.4) is 0 Å². The first-order valence-electron chi connectivity index (χ1n) is 11.9. The zero-order valence-electron chi connectivity index (χ0n) is 20.5. The molecule has 1 aromatic heterocycles. The number of amides is 1. The van der Waals surface area contributed by atoms with Crippen molar-refractivity contribution >= 4 is 11.9 Å². The Labute approximate surface area is 224 Å². The SMILES string of the molecule is O=C(O)[C@H](Cc1ccccc1)N(Cc1ccc(-c2ccccc2C(F)(F)F)o1)C(=O)c1ccccc1C(F)(F)F. The highest BCUT2D eigenvalue weighted by Crippen LogP contribution is 2.38. The predicted octanol–water partition coefficient (Wildman–Crippen LogP) is 7.32. The number of carboxylic acids is 1. The van der Waals surface area contributed by atoms with Crippen LogP contribution in [-0.4, -0.2) is 27.9 Å². The Hall–Kier alpha value is -4.54. The molecule has 0 radical (unpaired) electrons. The van der Waals surface area contributed by atoms with E-state index in [1.165, 1.54) is 36.4 Å². The number of furan rings is 1. The summed E-state index contributed by atoms with van der Waals surface area (Å²) in [6, 6.07) is 17.6. The Bertz CT molecular complexity index is 1490. The van der Waals surface area contributed by atoms with Crippen molar-refractivity contribution in [3.05, 3.63) is 119 Å². The molecule has 4 rings (SSSR count). The van der Waals surface area contributed by atoms with E-state index in [1.54, 1.807) is 30.3 Å². The summed E-state index contributed by atoms with van der Waals surface area (Å²) in [7, 11) is 0. The second-order valence-electron chi connectivity index (χ2n) is 8.83. The van der Waals surface area contributed by atoms with Gasteiger partial charge in [-0.15, -0.1) is 0 Å². The number of carbonyl (C=O) groups is 2. The van der Waals surface area contributed by atoms with Gasteiger partial charge in [0.25, 0.3) is 5.91 Å². The maximum atomic E-state index is 13.7. The number of benzene rings is 3. The van der Waals surface area contributed by atoms with Gasteiger partial charge in [0.2, 0.25) is 0 Å². The number of halogens is 6. The third-order valence-electron chi connectivity index (χ3n) is 6.14. The lowest BCUT2D eigenvalue weighted by atomic mass is 10.0. The average molecular weight is 561 g/mol. The van der Waals surface area contributed by atoms with Crippen LogP contribution in [0.25, 0.3) is 11.3 Å². The van der Waals surface area contributed by atoms with Gasteiger partial charge < -0.3 is 14.4 Å². The van der Waals surface area contributed by atoms with Crippen LogP contribution < -0.4 is 0 Å². The zero-order chi connectivity index (χ0) is 29.1. The summed E-state index contributed by atoms with van der Waals surface area (Å²) in [6.45, 7) is -0.622. The van der Waals surface area contributed by atoms with Gasteiger partial charge in [-0.05, 0) is 35.9 Å². The van der Waals surface area contributed by atoms with Crippen molar-refractivity contribution in [1.82, 2.24) is 4.90 Å². The Morgan fingerprint density at radius 2 is 1.32 bits per heavy atom. The maximum absolute atomic E-state index is 13.7. The number of nitrogens with zero attached hydrogens (tertiary/aromatic N) is 1. The number of carbonyl (C=O) groups excluding carboxylic acids is 1. The van der Waals surface area contributed by atoms with Crippen LogP contribution in [0, 0.1) is 0 Å². The standard InChI is InChI=1S/C29H21F6NO4/c30-28(31,32)22-12-6-4-10-20(22)25-15-14-19(40-25)17-36(24(27(38)39)16-18-8-2-1-3-9-18)26(37)21-11-5-7-13-23(21)29(33,34)35/h1-15,24H,16-17H2,(H,38,39)/t24-/m0/s1. The van der Waals surface area contributed by atoms with Gasteiger partial charge in [0, 0.05) is 12.0 Å². The summed E-state index contributed by atoms with van der Waals surface area (Å²) in [4.78, 5) is 26.7. The lowest BCUT2D eigenvalue weighted by Gasteiger charge is -2.29. The van der Waals surface area contributed by atoms with E-state index in [-0.39, 0.29) is 23.5 Å². The molecule has 0 aliphatic carbocycles. The van der Waals surface area contributed by atoms with Gasteiger partial charge in [-0.2, -0.15) is 26.3 Å². The molecule has 0 unspecified atom stereocenters. The second-order valence-corrected chi connectivity index (χ2v) is 8.83. The first-order chi connectivity index (χ1) is 18.9. The molecule has 4 aromatic rings. The highest BCUT2D eigenvalue weighted by Gasteiger charge is 2.39. The van der Waals surface area contributed by atoms with Crippen LogP contribution in [0.15, 0.2) is 95.4 Å². The minimum Gasteiger partial charge on any atom is -0.480 e. The van der Waals surface area contributed by atoms with Crippen molar-refractivity contribution in [3.8, 4) is 11.3 Å². The van der Waals surface area contributed by atoms with E-state index in [0.717, 1.165) is 23.1 Å². The number of hydrogen-bond acceptors (Lipinski definition) is 3. The minimum absolute atomic E-state index is 0.121. The third kappa shape index (κ3) is 6.36. The first-order valence-corrected chi connectivity index (χ1v) is 11.9. The number of aliphatic carboxylic acids is 1. The predicted molar refractivity (Wildman–Crippen MR) is 132 cm³/mol. The monoisotopic (exact) mass is 561 g/mol. The summed E-state index contributed by atoms with van der Waals surface area (Å²) in [5.41, 5.74) is -2.80. The van der Waals surface area contributed by atoms with Crippen molar-refractivity contribution in [2.45, 2.75) is 31.4 Å². The molecular formula is C29H21F6NO4. The second kappa shape index (κ2) is 11.3. The maximum Gasteiger partial charge on any atom is 0.417 e. The Kier molecular flexibility index (Phi) is 8.03. The molecule has 0 bridgehead atoms. The Morgan fingerprint density at radius 1 is 0.750 bits per heavy atom. The highest BCUT2D eigenvalue weighted by molar-refractivity contribution is 5.98. The van der Waals surface area contributed by atoms with Crippen molar-refractivity contribution in [2.24, 2.45) is 0 Å². The van der Waals surface area contributed by atoms with Gasteiger partial charge in [-0.3, -0.25) is 4.79 Å². The molecule has 1 amide bonds. The molecule has 1 heterocycles. The van der Waals surface area contributed by atoms with E-state index >= 15 is 0 Å². The van der Waals surface area contributed by atoms with Gasteiger partial charge in [0.15, 0.2) is 0 Å². The van der Waals surface area contributed by atoms with Gasteiger partial charge in [-0.1, -0.05) is 60.7 Å². The first kappa shape index (κ1) is 28.5. The Morgan fingerprint density at radius 3 is 1.95 bits per heavy atom.